The summed E-state index contributed by atoms with van der Waals surface area (Å²) >= 11 is 0. The van der Waals surface area contributed by atoms with Crippen LogP contribution in [-0.2, 0) is 10.2 Å². The lowest BCUT2D eigenvalue weighted by atomic mass is 10.0. The van der Waals surface area contributed by atoms with Crippen molar-refractivity contribution in [2.24, 2.45) is 17.6 Å². The summed E-state index contributed by atoms with van der Waals surface area (Å²) in [5.41, 5.74) is 5.50. The summed E-state index contributed by atoms with van der Waals surface area (Å²) in [6.45, 7) is 5.32. The number of piperidine rings is 1. The molecule has 0 spiro atoms. The van der Waals surface area contributed by atoms with Crippen molar-refractivity contribution in [2.75, 3.05) is 32.7 Å². The third kappa shape index (κ3) is 2.25. The van der Waals surface area contributed by atoms with Crippen molar-refractivity contribution < 1.29 is 8.42 Å². The Morgan fingerprint density at radius 3 is 2.25 bits per heavy atom. The highest BCUT2D eigenvalue weighted by Crippen LogP contribution is 2.25. The molecule has 0 atom stereocenters. The molecular weight excluding hydrogens is 226 g/mol. The summed E-state index contributed by atoms with van der Waals surface area (Å²) in [7, 11) is -3.18. The minimum absolute atomic E-state index is 0.360. The molecule has 0 amide bonds. The van der Waals surface area contributed by atoms with E-state index in [0.717, 1.165) is 12.8 Å². The van der Waals surface area contributed by atoms with Gasteiger partial charge in [0.2, 0.25) is 0 Å². The Morgan fingerprint density at radius 1 is 1.19 bits per heavy atom. The van der Waals surface area contributed by atoms with Gasteiger partial charge in [-0.25, -0.2) is 0 Å². The first-order chi connectivity index (χ1) is 7.54. The minimum Gasteiger partial charge on any atom is -0.330 e. The van der Waals surface area contributed by atoms with E-state index in [0.29, 0.717) is 44.6 Å². The average Bonchev–Trinajstić information content (AvgIpc) is 2.16. The summed E-state index contributed by atoms with van der Waals surface area (Å²) in [4.78, 5) is 0. The van der Waals surface area contributed by atoms with E-state index < -0.39 is 10.2 Å². The van der Waals surface area contributed by atoms with E-state index in [2.05, 4.69) is 6.92 Å². The summed E-state index contributed by atoms with van der Waals surface area (Å²) in [6, 6.07) is 0. The van der Waals surface area contributed by atoms with Crippen molar-refractivity contribution in [1.29, 1.82) is 0 Å². The lowest BCUT2D eigenvalue weighted by Crippen LogP contribution is -2.57. The SMILES string of the molecule is CC1CCN(S(=O)(=O)N2CC(CN)C2)CC1. The molecule has 5 nitrogen and oxygen atoms in total. The number of hydrogen-bond donors (Lipinski definition) is 1. The molecular formula is C10H21N3O2S. The average molecular weight is 247 g/mol. The van der Waals surface area contributed by atoms with Crippen LogP contribution in [0.2, 0.25) is 0 Å². The van der Waals surface area contributed by atoms with Gasteiger partial charge in [0.15, 0.2) is 0 Å². The Kier molecular flexibility index (Phi) is 3.53. The topological polar surface area (TPSA) is 66.6 Å². The first kappa shape index (κ1) is 12.3. The normalized spacial score (nSPS) is 26.9. The first-order valence-corrected chi connectivity index (χ1v) is 7.39. The van der Waals surface area contributed by atoms with Crippen molar-refractivity contribution in [1.82, 2.24) is 8.61 Å². The van der Waals surface area contributed by atoms with E-state index in [-0.39, 0.29) is 0 Å². The third-order valence-electron chi connectivity index (χ3n) is 3.65. The largest absolute Gasteiger partial charge is 0.330 e. The van der Waals surface area contributed by atoms with E-state index in [1.807, 2.05) is 0 Å². The molecule has 0 aliphatic carbocycles. The van der Waals surface area contributed by atoms with Gasteiger partial charge >= 0.3 is 0 Å². The Hall–Kier alpha value is -0.170. The zero-order chi connectivity index (χ0) is 11.8. The van der Waals surface area contributed by atoms with Gasteiger partial charge in [0.25, 0.3) is 10.2 Å². The molecule has 2 heterocycles. The highest BCUT2D eigenvalue weighted by Gasteiger charge is 2.39. The van der Waals surface area contributed by atoms with Crippen LogP contribution in [0.1, 0.15) is 19.8 Å². The van der Waals surface area contributed by atoms with Crippen LogP contribution in [0.3, 0.4) is 0 Å². The molecule has 6 heteroatoms. The molecule has 0 saturated carbocycles. The lowest BCUT2D eigenvalue weighted by Gasteiger charge is -2.41. The summed E-state index contributed by atoms with van der Waals surface area (Å²) in [5.74, 6) is 1.01. The van der Waals surface area contributed by atoms with Crippen LogP contribution in [-0.4, -0.2) is 49.8 Å². The maximum Gasteiger partial charge on any atom is 0.281 e. The van der Waals surface area contributed by atoms with E-state index in [1.54, 1.807) is 8.61 Å². The van der Waals surface area contributed by atoms with Crippen molar-refractivity contribution in [3.8, 4) is 0 Å². The molecule has 2 fully saturated rings. The van der Waals surface area contributed by atoms with Crippen LogP contribution in [0, 0.1) is 11.8 Å². The second-order valence-electron chi connectivity index (χ2n) is 5.01. The Morgan fingerprint density at radius 2 is 1.75 bits per heavy atom. The van der Waals surface area contributed by atoms with Gasteiger partial charge in [-0.2, -0.15) is 17.0 Å². The van der Waals surface area contributed by atoms with E-state index in [9.17, 15) is 8.42 Å². The Bertz CT molecular complexity index is 330. The summed E-state index contributed by atoms with van der Waals surface area (Å²) < 4.78 is 27.5. The number of nitrogens with zero attached hydrogens (tertiary/aromatic N) is 2. The number of rotatable bonds is 3. The van der Waals surface area contributed by atoms with Crippen molar-refractivity contribution in [2.45, 2.75) is 19.8 Å². The van der Waals surface area contributed by atoms with Gasteiger partial charge in [-0.1, -0.05) is 6.92 Å². The molecule has 0 bridgehead atoms. The maximum absolute atomic E-state index is 12.1. The maximum atomic E-state index is 12.1. The molecule has 2 rings (SSSR count). The van der Waals surface area contributed by atoms with Gasteiger partial charge in [-0.15, -0.1) is 0 Å². The molecule has 0 radical (unpaired) electrons. The molecule has 0 aromatic carbocycles. The predicted octanol–water partition coefficient (Wildman–Crippen LogP) is -0.146. The predicted molar refractivity (Wildman–Crippen MR) is 63.0 cm³/mol. The van der Waals surface area contributed by atoms with Gasteiger partial charge < -0.3 is 5.73 Å². The zero-order valence-corrected chi connectivity index (χ0v) is 10.6. The molecule has 2 aliphatic rings. The van der Waals surface area contributed by atoms with E-state index >= 15 is 0 Å². The van der Waals surface area contributed by atoms with Gasteiger partial charge in [0.1, 0.15) is 0 Å². The lowest BCUT2D eigenvalue weighted by molar-refractivity contribution is 0.181. The quantitative estimate of drug-likeness (QED) is 0.754. The molecule has 94 valence electrons. The first-order valence-electron chi connectivity index (χ1n) is 5.99. The molecule has 0 aromatic heterocycles. The minimum atomic E-state index is -3.18. The highest BCUT2D eigenvalue weighted by molar-refractivity contribution is 7.86. The Balaban J connectivity index is 1.93. The Labute approximate surface area is 97.8 Å². The second-order valence-corrected chi connectivity index (χ2v) is 6.94. The van der Waals surface area contributed by atoms with Gasteiger partial charge in [-0.3, -0.25) is 0 Å². The standard InChI is InChI=1S/C10H21N3O2S/c1-9-2-4-12(5-3-9)16(14,15)13-7-10(6-11)8-13/h9-10H,2-8,11H2,1H3. The summed E-state index contributed by atoms with van der Waals surface area (Å²) in [5, 5.41) is 0. The van der Waals surface area contributed by atoms with Crippen molar-refractivity contribution in [3.05, 3.63) is 0 Å². The van der Waals surface area contributed by atoms with E-state index in [1.165, 1.54) is 0 Å². The van der Waals surface area contributed by atoms with Crippen LogP contribution < -0.4 is 5.73 Å². The van der Waals surface area contributed by atoms with Crippen LogP contribution in [0.5, 0.6) is 0 Å². The van der Waals surface area contributed by atoms with Crippen molar-refractivity contribution in [3.63, 3.8) is 0 Å². The molecule has 2 N–H and O–H groups in total. The fourth-order valence-corrected chi connectivity index (χ4v) is 4.04. The highest BCUT2D eigenvalue weighted by atomic mass is 32.2. The fourth-order valence-electron chi connectivity index (χ4n) is 2.24. The zero-order valence-electron chi connectivity index (χ0n) is 9.80. The molecule has 0 unspecified atom stereocenters. The molecule has 0 aromatic rings. The molecule has 16 heavy (non-hydrogen) atoms. The van der Waals surface area contributed by atoms with Gasteiger partial charge in [0, 0.05) is 26.2 Å². The van der Waals surface area contributed by atoms with Gasteiger partial charge in [-0.05, 0) is 31.2 Å². The van der Waals surface area contributed by atoms with Crippen LogP contribution >= 0.6 is 0 Å². The smallest absolute Gasteiger partial charge is 0.281 e. The van der Waals surface area contributed by atoms with Gasteiger partial charge in [0.05, 0.1) is 0 Å². The molecule has 2 saturated heterocycles. The summed E-state index contributed by atoms with van der Waals surface area (Å²) in [6.07, 6.45) is 1.96. The van der Waals surface area contributed by atoms with E-state index in [4.69, 9.17) is 5.73 Å². The number of hydrogen-bond acceptors (Lipinski definition) is 3. The van der Waals surface area contributed by atoms with Crippen LogP contribution in [0.15, 0.2) is 0 Å². The fraction of sp³-hybridized carbons (Fsp3) is 1.00. The van der Waals surface area contributed by atoms with Crippen LogP contribution in [0.4, 0.5) is 0 Å². The second kappa shape index (κ2) is 4.60. The third-order valence-corrected chi connectivity index (χ3v) is 5.62. The monoisotopic (exact) mass is 247 g/mol. The molecule has 2 aliphatic heterocycles. The van der Waals surface area contributed by atoms with Crippen molar-refractivity contribution >= 4 is 10.2 Å². The number of nitrogens with two attached hydrogens (primary N) is 1. The van der Waals surface area contributed by atoms with Crippen LogP contribution in [0.25, 0.3) is 0 Å².